The first-order valence-electron chi connectivity index (χ1n) is 8.12. The Morgan fingerprint density at radius 3 is 2.96 bits per heavy atom. The molecule has 3 atom stereocenters. The number of furan rings is 1. The van der Waals surface area contributed by atoms with Gasteiger partial charge in [-0.05, 0) is 31.4 Å². The summed E-state index contributed by atoms with van der Waals surface area (Å²) in [6.45, 7) is 0. The van der Waals surface area contributed by atoms with Gasteiger partial charge in [0.05, 0.1) is 6.20 Å². The van der Waals surface area contributed by atoms with Crippen molar-refractivity contribution >= 4 is 27.8 Å². The Bertz CT molecular complexity index is 917. The van der Waals surface area contributed by atoms with Gasteiger partial charge in [-0.1, -0.05) is 18.2 Å². The fourth-order valence-corrected chi connectivity index (χ4v) is 3.98. The van der Waals surface area contributed by atoms with Gasteiger partial charge in [0.1, 0.15) is 11.3 Å². The van der Waals surface area contributed by atoms with E-state index in [1.165, 1.54) is 6.42 Å². The lowest BCUT2D eigenvalue weighted by atomic mass is 9.95. The molecule has 2 bridgehead atoms. The van der Waals surface area contributed by atoms with E-state index in [0.717, 1.165) is 29.2 Å². The summed E-state index contributed by atoms with van der Waals surface area (Å²) >= 11 is 0. The molecule has 1 amide bonds. The first-order chi connectivity index (χ1) is 11.3. The number of nitrogens with zero attached hydrogens (tertiary/aromatic N) is 1. The normalized spacial score (nSPS) is 26.2. The molecule has 5 nitrogen and oxygen atoms in total. The van der Waals surface area contributed by atoms with Crippen LogP contribution in [0.15, 0.2) is 40.9 Å². The molecule has 2 saturated heterocycles. The number of hydrogen-bond acceptors (Lipinski definition) is 4. The van der Waals surface area contributed by atoms with Crippen molar-refractivity contribution in [1.82, 2.24) is 15.6 Å². The summed E-state index contributed by atoms with van der Waals surface area (Å²) in [5.41, 5.74) is 1.98. The summed E-state index contributed by atoms with van der Waals surface area (Å²) in [6, 6.07) is 10.9. The molecule has 23 heavy (non-hydrogen) atoms. The van der Waals surface area contributed by atoms with Crippen molar-refractivity contribution in [3.8, 4) is 0 Å². The highest BCUT2D eigenvalue weighted by molar-refractivity contribution is 6.07. The summed E-state index contributed by atoms with van der Waals surface area (Å²) in [7, 11) is 0. The van der Waals surface area contributed by atoms with E-state index in [9.17, 15) is 4.79 Å². The zero-order valence-corrected chi connectivity index (χ0v) is 12.6. The van der Waals surface area contributed by atoms with E-state index in [1.807, 2.05) is 30.3 Å². The highest BCUT2D eigenvalue weighted by atomic mass is 16.3. The number of nitrogens with one attached hydrogen (secondary N) is 2. The van der Waals surface area contributed by atoms with Crippen LogP contribution in [0.25, 0.3) is 21.9 Å². The van der Waals surface area contributed by atoms with Crippen molar-refractivity contribution in [3.05, 3.63) is 42.2 Å². The van der Waals surface area contributed by atoms with Crippen molar-refractivity contribution in [2.45, 2.75) is 37.4 Å². The lowest BCUT2D eigenvalue weighted by Gasteiger charge is -2.21. The van der Waals surface area contributed by atoms with Crippen LogP contribution in [0.2, 0.25) is 0 Å². The molecule has 5 rings (SSSR count). The third-order valence-electron chi connectivity index (χ3n) is 5.11. The Kier molecular flexibility index (Phi) is 2.73. The van der Waals surface area contributed by atoms with Gasteiger partial charge in [0, 0.05) is 28.9 Å². The first kappa shape index (κ1) is 13.1. The second-order valence-corrected chi connectivity index (χ2v) is 6.53. The van der Waals surface area contributed by atoms with Crippen LogP contribution in [-0.4, -0.2) is 29.0 Å². The Morgan fingerprint density at radius 2 is 2.13 bits per heavy atom. The smallest absolute Gasteiger partial charge is 0.270 e. The first-order valence-corrected chi connectivity index (χ1v) is 8.12. The Balaban J connectivity index is 1.47. The second-order valence-electron chi connectivity index (χ2n) is 6.53. The quantitative estimate of drug-likeness (QED) is 0.763. The van der Waals surface area contributed by atoms with Crippen LogP contribution in [0.5, 0.6) is 0 Å². The van der Waals surface area contributed by atoms with Crippen LogP contribution in [0.3, 0.4) is 0 Å². The zero-order valence-electron chi connectivity index (χ0n) is 12.6. The van der Waals surface area contributed by atoms with Crippen LogP contribution in [0.4, 0.5) is 0 Å². The fraction of sp³-hybridized carbons (Fsp3) is 0.333. The molecule has 4 heterocycles. The largest absolute Gasteiger partial charge is 0.454 e. The fourth-order valence-electron chi connectivity index (χ4n) is 3.98. The SMILES string of the molecule is O=C(NC1CC2CCC1N2)c1cc2c(cn1)oc1ccccc12. The van der Waals surface area contributed by atoms with Crippen LogP contribution in [-0.2, 0) is 0 Å². The third-order valence-corrected chi connectivity index (χ3v) is 5.11. The number of hydrogen-bond donors (Lipinski definition) is 2. The molecule has 116 valence electrons. The van der Waals surface area contributed by atoms with Crippen molar-refractivity contribution in [1.29, 1.82) is 0 Å². The van der Waals surface area contributed by atoms with Gasteiger partial charge in [-0.15, -0.1) is 0 Å². The monoisotopic (exact) mass is 307 g/mol. The van der Waals surface area contributed by atoms with Gasteiger partial charge in [0.15, 0.2) is 5.58 Å². The minimum absolute atomic E-state index is 0.100. The molecule has 2 fully saturated rings. The molecule has 0 saturated carbocycles. The minimum atomic E-state index is -0.100. The molecule has 3 aromatic rings. The number of amides is 1. The topological polar surface area (TPSA) is 67.2 Å². The van der Waals surface area contributed by atoms with Crippen LogP contribution >= 0.6 is 0 Å². The van der Waals surface area contributed by atoms with Crippen molar-refractivity contribution in [2.24, 2.45) is 0 Å². The van der Waals surface area contributed by atoms with Gasteiger partial charge in [-0.3, -0.25) is 4.79 Å². The number of benzene rings is 1. The molecule has 1 aromatic carbocycles. The van der Waals surface area contributed by atoms with Gasteiger partial charge in [-0.25, -0.2) is 4.98 Å². The molecule has 5 heteroatoms. The van der Waals surface area contributed by atoms with Gasteiger partial charge in [0.25, 0.3) is 5.91 Å². The molecule has 2 aliphatic heterocycles. The Labute approximate surface area is 133 Å². The van der Waals surface area contributed by atoms with Gasteiger partial charge in [0.2, 0.25) is 0 Å². The Hall–Kier alpha value is -2.40. The number of fused-ring (bicyclic) bond motifs is 5. The summed E-state index contributed by atoms with van der Waals surface area (Å²) in [4.78, 5) is 16.8. The maximum Gasteiger partial charge on any atom is 0.270 e. The van der Waals surface area contributed by atoms with Crippen molar-refractivity contribution in [3.63, 3.8) is 0 Å². The van der Waals surface area contributed by atoms with Gasteiger partial charge in [-0.2, -0.15) is 0 Å². The lowest BCUT2D eigenvalue weighted by Crippen LogP contribution is -2.43. The molecule has 0 aliphatic carbocycles. The predicted molar refractivity (Wildman–Crippen MR) is 87.3 cm³/mol. The Morgan fingerprint density at radius 1 is 1.22 bits per heavy atom. The van der Waals surface area contributed by atoms with Crippen LogP contribution < -0.4 is 10.6 Å². The highest BCUT2D eigenvalue weighted by Gasteiger charge is 2.39. The van der Waals surface area contributed by atoms with E-state index in [1.54, 1.807) is 6.20 Å². The van der Waals surface area contributed by atoms with Gasteiger partial charge >= 0.3 is 0 Å². The molecule has 3 unspecified atom stereocenters. The number of carbonyl (C=O) groups excluding carboxylic acids is 1. The van der Waals surface area contributed by atoms with Gasteiger partial charge < -0.3 is 15.1 Å². The number of rotatable bonds is 2. The standard InChI is InChI=1S/C18H17N3O2/c22-18(21-14-7-10-5-6-13(14)20-10)15-8-12-11-3-1-2-4-16(11)23-17(12)9-19-15/h1-4,8-10,13-14,20H,5-7H2,(H,21,22). The van der Waals surface area contributed by atoms with Crippen molar-refractivity contribution < 1.29 is 9.21 Å². The average molecular weight is 307 g/mol. The van der Waals surface area contributed by atoms with Crippen LogP contribution in [0.1, 0.15) is 29.8 Å². The summed E-state index contributed by atoms with van der Waals surface area (Å²) in [5, 5.41) is 8.62. The zero-order chi connectivity index (χ0) is 15.4. The maximum atomic E-state index is 12.5. The summed E-state index contributed by atoms with van der Waals surface area (Å²) < 4.78 is 5.76. The summed E-state index contributed by atoms with van der Waals surface area (Å²) in [5.74, 6) is -0.100. The van der Waals surface area contributed by atoms with E-state index in [0.29, 0.717) is 23.4 Å². The average Bonchev–Trinajstić information content (AvgIpc) is 3.27. The molecule has 0 spiro atoms. The van der Waals surface area contributed by atoms with Crippen molar-refractivity contribution in [2.75, 3.05) is 0 Å². The molecular formula is C18H17N3O2. The number of pyridine rings is 1. The van der Waals surface area contributed by atoms with E-state index in [2.05, 4.69) is 15.6 Å². The van der Waals surface area contributed by atoms with E-state index < -0.39 is 0 Å². The third kappa shape index (κ3) is 2.04. The lowest BCUT2D eigenvalue weighted by molar-refractivity contribution is 0.0926. The summed E-state index contributed by atoms with van der Waals surface area (Å²) in [6.07, 6.45) is 5.04. The predicted octanol–water partition coefficient (Wildman–Crippen LogP) is 2.60. The van der Waals surface area contributed by atoms with E-state index in [4.69, 9.17) is 4.42 Å². The number of carbonyl (C=O) groups is 1. The number of aromatic nitrogens is 1. The molecule has 2 aromatic heterocycles. The van der Waals surface area contributed by atoms with Crippen LogP contribution in [0, 0.1) is 0 Å². The minimum Gasteiger partial charge on any atom is -0.454 e. The molecular weight excluding hydrogens is 290 g/mol. The molecule has 0 radical (unpaired) electrons. The number of para-hydroxylation sites is 1. The molecule has 2 N–H and O–H groups in total. The van der Waals surface area contributed by atoms with E-state index in [-0.39, 0.29) is 11.9 Å². The van der Waals surface area contributed by atoms with E-state index >= 15 is 0 Å². The maximum absolute atomic E-state index is 12.5. The second kappa shape index (κ2) is 4.80. The highest BCUT2D eigenvalue weighted by Crippen LogP contribution is 2.30. The molecule has 2 aliphatic rings.